The highest BCUT2D eigenvalue weighted by Crippen LogP contribution is 2.20. The molecule has 1 atom stereocenters. The Bertz CT molecular complexity index is 505. The maximum absolute atomic E-state index is 5.47. The molecule has 1 aliphatic rings. The van der Waals surface area contributed by atoms with Crippen LogP contribution in [0.4, 0.5) is 0 Å². The molecule has 0 amide bonds. The molecule has 0 spiro atoms. The van der Waals surface area contributed by atoms with E-state index in [-0.39, 0.29) is 0 Å². The topological polar surface area (TPSA) is 62.8 Å². The fourth-order valence-corrected chi connectivity index (χ4v) is 2.36. The average molecular weight is 258 g/mol. The van der Waals surface area contributed by atoms with E-state index in [1.165, 1.54) is 12.0 Å². The first-order valence-corrected chi connectivity index (χ1v) is 6.67. The molecular weight excluding hydrogens is 240 g/mol. The van der Waals surface area contributed by atoms with Gasteiger partial charge in [-0.1, -0.05) is 0 Å². The molecule has 1 aliphatic heterocycles. The number of ether oxygens (including phenoxy) is 1. The maximum Gasteiger partial charge on any atom is 0.0710 e. The van der Waals surface area contributed by atoms with Crippen LogP contribution in [0.15, 0.2) is 30.7 Å². The van der Waals surface area contributed by atoms with Crippen molar-refractivity contribution < 1.29 is 4.74 Å². The molecule has 5 nitrogen and oxygen atoms in total. The molecule has 0 radical (unpaired) electrons. The van der Waals surface area contributed by atoms with E-state index in [1.54, 1.807) is 6.20 Å². The first-order chi connectivity index (χ1) is 9.43. The summed E-state index contributed by atoms with van der Waals surface area (Å²) in [7, 11) is 0. The number of aromatic amines is 1. The van der Waals surface area contributed by atoms with Crippen molar-refractivity contribution in [2.45, 2.75) is 25.4 Å². The van der Waals surface area contributed by atoms with E-state index in [0.717, 1.165) is 37.4 Å². The van der Waals surface area contributed by atoms with Gasteiger partial charge in [-0.3, -0.25) is 10.1 Å². The van der Waals surface area contributed by atoms with E-state index in [9.17, 15) is 0 Å². The van der Waals surface area contributed by atoms with Crippen LogP contribution in [0.5, 0.6) is 0 Å². The normalized spacial score (nSPS) is 19.5. The Hall–Kier alpha value is -1.72. The van der Waals surface area contributed by atoms with Crippen molar-refractivity contribution in [1.82, 2.24) is 20.5 Å². The van der Waals surface area contributed by atoms with Crippen LogP contribution in [0.2, 0.25) is 0 Å². The summed E-state index contributed by atoms with van der Waals surface area (Å²) in [5.41, 5.74) is 3.27. The monoisotopic (exact) mass is 258 g/mol. The highest BCUT2D eigenvalue weighted by molar-refractivity contribution is 5.61. The minimum Gasteiger partial charge on any atom is -0.380 e. The van der Waals surface area contributed by atoms with Crippen molar-refractivity contribution in [2.24, 2.45) is 0 Å². The molecule has 100 valence electrons. The average Bonchev–Trinajstić information content (AvgIpc) is 2.95. The second kappa shape index (κ2) is 5.95. The summed E-state index contributed by atoms with van der Waals surface area (Å²) >= 11 is 0. The Morgan fingerprint density at radius 3 is 3.21 bits per heavy atom. The number of H-pyrrole nitrogens is 1. The van der Waals surface area contributed by atoms with E-state index in [4.69, 9.17) is 4.74 Å². The Morgan fingerprint density at radius 2 is 2.42 bits per heavy atom. The van der Waals surface area contributed by atoms with Crippen molar-refractivity contribution in [3.8, 4) is 11.3 Å². The lowest BCUT2D eigenvalue weighted by Gasteiger charge is -2.23. The Balaban J connectivity index is 1.67. The smallest absolute Gasteiger partial charge is 0.0710 e. The predicted molar refractivity (Wildman–Crippen MR) is 72.5 cm³/mol. The van der Waals surface area contributed by atoms with Crippen LogP contribution in [-0.4, -0.2) is 34.4 Å². The number of nitrogens with zero attached hydrogens (tertiary/aromatic N) is 2. The van der Waals surface area contributed by atoms with Crippen LogP contribution in [-0.2, 0) is 11.3 Å². The van der Waals surface area contributed by atoms with Crippen LogP contribution in [0.1, 0.15) is 18.4 Å². The van der Waals surface area contributed by atoms with Gasteiger partial charge in [-0.25, -0.2) is 0 Å². The summed E-state index contributed by atoms with van der Waals surface area (Å²) in [5.74, 6) is 0. The van der Waals surface area contributed by atoms with Crippen molar-refractivity contribution in [1.29, 1.82) is 0 Å². The molecule has 0 bridgehead atoms. The second-order valence-electron chi connectivity index (χ2n) is 4.81. The highest BCUT2D eigenvalue weighted by Gasteiger charge is 2.14. The number of aromatic nitrogens is 3. The van der Waals surface area contributed by atoms with Gasteiger partial charge in [0.1, 0.15) is 0 Å². The van der Waals surface area contributed by atoms with Gasteiger partial charge in [0.2, 0.25) is 0 Å². The lowest BCUT2D eigenvalue weighted by molar-refractivity contribution is 0.0699. The van der Waals surface area contributed by atoms with E-state index >= 15 is 0 Å². The van der Waals surface area contributed by atoms with E-state index in [0.29, 0.717) is 6.04 Å². The Labute approximate surface area is 112 Å². The van der Waals surface area contributed by atoms with Crippen LogP contribution in [0.3, 0.4) is 0 Å². The first-order valence-electron chi connectivity index (χ1n) is 6.67. The summed E-state index contributed by atoms with van der Waals surface area (Å²) in [6.07, 6.45) is 7.81. The molecule has 1 saturated heterocycles. The van der Waals surface area contributed by atoms with Crippen LogP contribution in [0.25, 0.3) is 11.3 Å². The van der Waals surface area contributed by atoms with Crippen LogP contribution < -0.4 is 5.32 Å². The summed E-state index contributed by atoms with van der Waals surface area (Å²) < 4.78 is 5.47. The molecule has 19 heavy (non-hydrogen) atoms. The standard InChI is InChI=1S/C14H18N4O/c1-3-11(7-15-5-1)14-12(9-17-18-14)8-16-13-4-2-6-19-10-13/h1,3,5,7,9,13,16H,2,4,6,8,10H2,(H,17,18)/t13-/m1/s1. The zero-order valence-corrected chi connectivity index (χ0v) is 10.8. The van der Waals surface area contributed by atoms with Crippen molar-refractivity contribution >= 4 is 0 Å². The molecule has 3 rings (SSSR count). The predicted octanol–water partition coefficient (Wildman–Crippen LogP) is 1.74. The third-order valence-corrected chi connectivity index (χ3v) is 3.41. The van der Waals surface area contributed by atoms with Crippen LogP contribution in [0, 0.1) is 0 Å². The third-order valence-electron chi connectivity index (χ3n) is 3.41. The number of hydrogen-bond donors (Lipinski definition) is 2. The van der Waals surface area contributed by atoms with Gasteiger partial charge in [-0.2, -0.15) is 5.10 Å². The molecule has 5 heteroatoms. The van der Waals surface area contributed by atoms with Gasteiger partial charge in [0.25, 0.3) is 0 Å². The van der Waals surface area contributed by atoms with Crippen molar-refractivity contribution in [3.05, 3.63) is 36.3 Å². The zero-order chi connectivity index (χ0) is 12.9. The lowest BCUT2D eigenvalue weighted by Crippen LogP contribution is -2.36. The fourth-order valence-electron chi connectivity index (χ4n) is 2.36. The van der Waals surface area contributed by atoms with Gasteiger partial charge in [0.15, 0.2) is 0 Å². The van der Waals surface area contributed by atoms with Gasteiger partial charge in [0.05, 0.1) is 18.5 Å². The molecule has 2 aromatic rings. The number of nitrogens with one attached hydrogen (secondary N) is 2. The van der Waals surface area contributed by atoms with Crippen LogP contribution >= 0.6 is 0 Å². The fraction of sp³-hybridized carbons (Fsp3) is 0.429. The number of rotatable bonds is 4. The minimum absolute atomic E-state index is 0.449. The lowest BCUT2D eigenvalue weighted by atomic mass is 10.1. The largest absolute Gasteiger partial charge is 0.380 e. The van der Waals surface area contributed by atoms with E-state index in [2.05, 4.69) is 20.5 Å². The zero-order valence-electron chi connectivity index (χ0n) is 10.8. The van der Waals surface area contributed by atoms with Gasteiger partial charge < -0.3 is 10.1 Å². The Morgan fingerprint density at radius 1 is 1.42 bits per heavy atom. The molecule has 3 heterocycles. The summed E-state index contributed by atoms with van der Waals surface area (Å²) in [6, 6.07) is 4.42. The first kappa shape index (κ1) is 12.3. The minimum atomic E-state index is 0.449. The second-order valence-corrected chi connectivity index (χ2v) is 4.81. The van der Waals surface area contributed by atoms with Crippen molar-refractivity contribution in [2.75, 3.05) is 13.2 Å². The number of pyridine rings is 1. The SMILES string of the molecule is c1cncc(-c2[nH]ncc2CN[C@@H]2CCCOC2)c1. The Kier molecular flexibility index (Phi) is 3.86. The van der Waals surface area contributed by atoms with Gasteiger partial charge >= 0.3 is 0 Å². The molecule has 0 unspecified atom stereocenters. The van der Waals surface area contributed by atoms with E-state index in [1.807, 2.05) is 24.5 Å². The molecule has 2 aromatic heterocycles. The van der Waals surface area contributed by atoms with E-state index < -0.39 is 0 Å². The maximum atomic E-state index is 5.47. The van der Waals surface area contributed by atoms with Crippen molar-refractivity contribution in [3.63, 3.8) is 0 Å². The summed E-state index contributed by atoms with van der Waals surface area (Å²) in [5, 5.41) is 10.7. The third kappa shape index (κ3) is 3.00. The van der Waals surface area contributed by atoms with Gasteiger partial charge in [0, 0.05) is 42.7 Å². The highest BCUT2D eigenvalue weighted by atomic mass is 16.5. The van der Waals surface area contributed by atoms with Gasteiger partial charge in [-0.05, 0) is 25.0 Å². The molecule has 0 aliphatic carbocycles. The molecule has 0 saturated carbocycles. The summed E-state index contributed by atoms with van der Waals surface area (Å²) in [6.45, 7) is 2.50. The molecule has 1 fully saturated rings. The number of hydrogen-bond acceptors (Lipinski definition) is 4. The molecular formula is C14H18N4O. The molecule has 2 N–H and O–H groups in total. The quantitative estimate of drug-likeness (QED) is 0.877. The molecule has 0 aromatic carbocycles. The van der Waals surface area contributed by atoms with Gasteiger partial charge in [-0.15, -0.1) is 0 Å². The summed E-state index contributed by atoms with van der Waals surface area (Å²) in [4.78, 5) is 4.14.